The predicted octanol–water partition coefficient (Wildman–Crippen LogP) is 4.00. The molecule has 3 aromatic rings. The molecule has 1 aliphatic heterocycles. The zero-order valence-electron chi connectivity index (χ0n) is 14.2. The van der Waals surface area contributed by atoms with Crippen LogP contribution in [0.5, 0.6) is 5.75 Å². The van der Waals surface area contributed by atoms with Crippen LogP contribution >= 0.6 is 11.3 Å². The van der Waals surface area contributed by atoms with Crippen LogP contribution in [0.3, 0.4) is 0 Å². The van der Waals surface area contributed by atoms with Crippen molar-refractivity contribution in [2.45, 2.75) is 18.9 Å². The maximum Gasteiger partial charge on any atom is 0.307 e. The van der Waals surface area contributed by atoms with E-state index in [1.165, 1.54) is 19.1 Å². The van der Waals surface area contributed by atoms with E-state index in [-0.39, 0.29) is 26.8 Å². The Morgan fingerprint density at radius 2 is 2.04 bits per heavy atom. The molecular weight excluding hydrogens is 397 g/mol. The fraction of sp³-hybridized carbons (Fsp3) is 0.167. The number of hydrogen-bond acceptors (Lipinski definition) is 5. The number of aromatic nitrogens is 1. The van der Waals surface area contributed by atoms with E-state index in [1.807, 2.05) is 0 Å². The van der Waals surface area contributed by atoms with Crippen LogP contribution in [-0.4, -0.2) is 27.6 Å². The number of nitrogens with zero attached hydrogens (tertiary/aromatic N) is 2. The minimum Gasteiger partial charge on any atom is -0.481 e. The van der Waals surface area contributed by atoms with Gasteiger partial charge in [-0.05, 0) is 31.2 Å². The second-order valence-corrected chi connectivity index (χ2v) is 7.37. The van der Waals surface area contributed by atoms with Gasteiger partial charge in [-0.1, -0.05) is 11.3 Å². The van der Waals surface area contributed by atoms with Crippen molar-refractivity contribution in [3.05, 3.63) is 47.8 Å². The average Bonchev–Trinajstić information content (AvgIpc) is 3.04. The first-order valence-corrected chi connectivity index (χ1v) is 8.81. The number of halogens is 3. The first-order chi connectivity index (χ1) is 13.2. The van der Waals surface area contributed by atoms with Crippen LogP contribution in [0.2, 0.25) is 0 Å². The molecule has 2 heterocycles. The lowest BCUT2D eigenvalue weighted by atomic mass is 9.97. The number of carbonyl (C=O) groups excluding carboxylic acids is 1. The molecule has 0 saturated heterocycles. The lowest BCUT2D eigenvalue weighted by Gasteiger charge is -2.38. The molecule has 1 amide bonds. The van der Waals surface area contributed by atoms with Gasteiger partial charge in [-0.15, -0.1) is 0 Å². The number of ether oxygens (including phenoxy) is 1. The number of carboxylic acid groups (broad SMARTS) is 1. The van der Waals surface area contributed by atoms with E-state index in [4.69, 9.17) is 9.84 Å². The van der Waals surface area contributed by atoms with Gasteiger partial charge in [0.1, 0.15) is 17.1 Å². The molecular formula is C18H11F3N2O4S. The van der Waals surface area contributed by atoms with Crippen molar-refractivity contribution in [2.75, 3.05) is 4.90 Å². The summed E-state index contributed by atoms with van der Waals surface area (Å²) in [6, 6.07) is 5.63. The van der Waals surface area contributed by atoms with Gasteiger partial charge in [0.15, 0.2) is 22.4 Å². The molecule has 10 heteroatoms. The van der Waals surface area contributed by atoms with E-state index in [0.29, 0.717) is 0 Å². The molecule has 0 bridgehead atoms. The van der Waals surface area contributed by atoms with Crippen LogP contribution in [-0.2, 0) is 9.59 Å². The first-order valence-electron chi connectivity index (χ1n) is 7.99. The summed E-state index contributed by atoms with van der Waals surface area (Å²) < 4.78 is 47.2. The predicted molar refractivity (Wildman–Crippen MR) is 94.4 cm³/mol. The van der Waals surface area contributed by atoms with Gasteiger partial charge in [-0.2, -0.15) is 0 Å². The van der Waals surface area contributed by atoms with Crippen molar-refractivity contribution in [3.63, 3.8) is 0 Å². The van der Waals surface area contributed by atoms with Gasteiger partial charge in [0.25, 0.3) is 5.91 Å². The molecule has 0 spiro atoms. The van der Waals surface area contributed by atoms with Crippen molar-refractivity contribution >= 4 is 44.2 Å². The number of rotatable bonds is 3. The van der Waals surface area contributed by atoms with Gasteiger partial charge >= 0.3 is 5.97 Å². The van der Waals surface area contributed by atoms with Gasteiger partial charge < -0.3 is 9.84 Å². The Hall–Kier alpha value is -3.14. The van der Waals surface area contributed by atoms with Gasteiger partial charge in [-0.3, -0.25) is 9.59 Å². The van der Waals surface area contributed by atoms with Gasteiger partial charge in [0, 0.05) is 6.07 Å². The van der Waals surface area contributed by atoms with E-state index in [9.17, 15) is 22.8 Å². The Labute approximate surface area is 159 Å². The van der Waals surface area contributed by atoms with Crippen molar-refractivity contribution in [3.8, 4) is 5.75 Å². The quantitative estimate of drug-likeness (QED) is 0.709. The van der Waals surface area contributed by atoms with E-state index >= 15 is 0 Å². The van der Waals surface area contributed by atoms with Crippen LogP contribution in [0.15, 0.2) is 30.3 Å². The topological polar surface area (TPSA) is 79.7 Å². The molecule has 0 saturated carbocycles. The maximum atomic E-state index is 14.1. The van der Waals surface area contributed by atoms with Gasteiger partial charge in [0.05, 0.1) is 16.8 Å². The van der Waals surface area contributed by atoms with Crippen LogP contribution in [0.25, 0.3) is 10.2 Å². The number of fused-ring (bicyclic) bond motifs is 2. The number of anilines is 2. The monoisotopic (exact) mass is 408 g/mol. The third-order valence-corrected chi connectivity index (χ3v) is 5.28. The third kappa shape index (κ3) is 2.76. The number of benzene rings is 2. The summed E-state index contributed by atoms with van der Waals surface area (Å²) >= 11 is 0.881. The second kappa shape index (κ2) is 6.20. The number of hydrogen-bond donors (Lipinski definition) is 1. The number of aliphatic carboxylic acids is 1. The minimum atomic E-state index is -1.79. The van der Waals surface area contributed by atoms with Gasteiger partial charge in [-0.25, -0.2) is 23.1 Å². The summed E-state index contributed by atoms with van der Waals surface area (Å²) in [6.07, 6.45) is -0.660. The summed E-state index contributed by atoms with van der Waals surface area (Å²) in [5.41, 5.74) is -2.08. The van der Waals surface area contributed by atoms with E-state index in [0.717, 1.165) is 34.4 Å². The van der Waals surface area contributed by atoms with Crippen molar-refractivity contribution in [1.29, 1.82) is 0 Å². The first kappa shape index (κ1) is 18.2. The summed E-state index contributed by atoms with van der Waals surface area (Å²) in [5, 5.41) is 9.10. The summed E-state index contributed by atoms with van der Waals surface area (Å²) in [6.45, 7) is 1.29. The SMILES string of the molecule is CC1(CC(=O)O)Oc2ccc(F)cc2N(c2nc3c(F)c(F)ccc3s2)C1=O. The third-order valence-electron chi connectivity index (χ3n) is 4.27. The van der Waals surface area contributed by atoms with Gasteiger partial charge in [0.2, 0.25) is 0 Å². The van der Waals surface area contributed by atoms with Crippen molar-refractivity contribution in [2.24, 2.45) is 0 Å². The Morgan fingerprint density at radius 3 is 2.75 bits per heavy atom. The molecule has 0 radical (unpaired) electrons. The fourth-order valence-electron chi connectivity index (χ4n) is 3.00. The number of carboxylic acids is 1. The Bertz CT molecular complexity index is 1150. The Balaban J connectivity index is 1.93. The average molecular weight is 408 g/mol. The molecule has 1 atom stereocenters. The Kier molecular flexibility index (Phi) is 4.03. The molecule has 144 valence electrons. The standard InChI is InChI=1S/C18H11F3N2O4S/c1-18(7-13(24)25)16(26)23(10-6-8(19)2-4-11(10)27-18)17-22-15-12(28-17)5-3-9(20)14(15)21/h2-6H,7H2,1H3,(H,24,25). The lowest BCUT2D eigenvalue weighted by molar-refractivity contribution is -0.148. The fourth-order valence-corrected chi connectivity index (χ4v) is 3.97. The molecule has 4 rings (SSSR count). The molecule has 28 heavy (non-hydrogen) atoms. The van der Waals surface area contributed by atoms with Crippen LogP contribution in [0.1, 0.15) is 13.3 Å². The van der Waals surface area contributed by atoms with Crippen molar-refractivity contribution < 1.29 is 32.6 Å². The van der Waals surface area contributed by atoms with Crippen LogP contribution < -0.4 is 9.64 Å². The van der Waals surface area contributed by atoms with Crippen LogP contribution in [0.4, 0.5) is 24.0 Å². The molecule has 1 aliphatic rings. The minimum absolute atomic E-state index is 0.00667. The van der Waals surface area contributed by atoms with E-state index in [2.05, 4.69) is 4.98 Å². The van der Waals surface area contributed by atoms with Crippen molar-refractivity contribution in [1.82, 2.24) is 4.98 Å². The largest absolute Gasteiger partial charge is 0.481 e. The molecule has 6 nitrogen and oxygen atoms in total. The summed E-state index contributed by atoms with van der Waals surface area (Å²) in [7, 11) is 0. The van der Waals surface area contributed by atoms with Crippen LogP contribution in [0, 0.1) is 17.5 Å². The second-order valence-electron chi connectivity index (χ2n) is 6.36. The highest BCUT2D eigenvalue weighted by Gasteiger charge is 2.48. The summed E-state index contributed by atoms with van der Waals surface area (Å²) in [5.74, 6) is -4.96. The molecule has 2 aromatic carbocycles. The highest BCUT2D eigenvalue weighted by atomic mass is 32.1. The molecule has 1 aromatic heterocycles. The Morgan fingerprint density at radius 1 is 1.29 bits per heavy atom. The molecule has 1 unspecified atom stereocenters. The molecule has 0 fully saturated rings. The maximum absolute atomic E-state index is 14.1. The smallest absolute Gasteiger partial charge is 0.307 e. The van der Waals surface area contributed by atoms with E-state index in [1.54, 1.807) is 0 Å². The normalized spacial score (nSPS) is 18.9. The highest BCUT2D eigenvalue weighted by molar-refractivity contribution is 7.22. The highest BCUT2D eigenvalue weighted by Crippen LogP contribution is 2.45. The van der Waals surface area contributed by atoms with E-state index < -0.39 is 41.4 Å². The number of thiazole rings is 1. The molecule has 0 aliphatic carbocycles. The molecule has 1 N–H and O–H groups in total. The zero-order chi connectivity index (χ0) is 20.2. The number of carbonyl (C=O) groups is 2. The zero-order valence-corrected chi connectivity index (χ0v) is 15.0. The summed E-state index contributed by atoms with van der Waals surface area (Å²) in [4.78, 5) is 29.3. The lowest BCUT2D eigenvalue weighted by Crippen LogP contribution is -2.53. The number of amides is 1.